The van der Waals surface area contributed by atoms with Gasteiger partial charge in [0.25, 0.3) is 0 Å². The van der Waals surface area contributed by atoms with E-state index < -0.39 is 0 Å². The van der Waals surface area contributed by atoms with E-state index in [1.807, 2.05) is 34.3 Å². The Morgan fingerprint density at radius 3 is 2.77 bits per heavy atom. The molecule has 3 aromatic heterocycles. The number of hydrogen-bond donors (Lipinski definition) is 1. The van der Waals surface area contributed by atoms with Crippen molar-refractivity contribution in [3.8, 4) is 0 Å². The van der Waals surface area contributed by atoms with E-state index in [2.05, 4.69) is 20.6 Å². The van der Waals surface area contributed by atoms with Crippen LogP contribution in [0.25, 0.3) is 5.65 Å². The zero-order chi connectivity index (χ0) is 15.3. The van der Waals surface area contributed by atoms with Crippen molar-refractivity contribution in [2.75, 3.05) is 5.32 Å². The van der Waals surface area contributed by atoms with E-state index >= 15 is 0 Å². The van der Waals surface area contributed by atoms with Crippen molar-refractivity contribution in [2.45, 2.75) is 25.3 Å². The zero-order valence-corrected chi connectivity index (χ0v) is 13.4. The zero-order valence-electron chi connectivity index (χ0n) is 11.9. The minimum Gasteiger partial charge on any atom is -0.363 e. The number of hydrogen-bond acceptors (Lipinski definition) is 4. The molecular formula is C14H14Cl2N6. The Hall–Kier alpha value is -1.79. The molecule has 22 heavy (non-hydrogen) atoms. The summed E-state index contributed by atoms with van der Waals surface area (Å²) in [6, 6.07) is 5.66. The molecule has 1 saturated carbocycles. The molecular weight excluding hydrogens is 323 g/mol. The van der Waals surface area contributed by atoms with Gasteiger partial charge in [0.1, 0.15) is 11.0 Å². The van der Waals surface area contributed by atoms with Gasteiger partial charge in [0, 0.05) is 18.7 Å². The van der Waals surface area contributed by atoms with E-state index in [9.17, 15) is 0 Å². The first-order valence-corrected chi connectivity index (χ1v) is 7.85. The average Bonchev–Trinajstić information content (AvgIpc) is 3.23. The molecule has 8 heteroatoms. The lowest BCUT2D eigenvalue weighted by atomic mass is 10.4. The van der Waals surface area contributed by atoms with Crippen LogP contribution in [-0.4, -0.2) is 24.4 Å². The summed E-state index contributed by atoms with van der Waals surface area (Å²) < 4.78 is 3.68. The van der Waals surface area contributed by atoms with Crippen LogP contribution in [0.3, 0.4) is 0 Å². The van der Waals surface area contributed by atoms with Gasteiger partial charge in [0.15, 0.2) is 11.5 Å². The number of nitrogens with one attached hydrogen (secondary N) is 1. The first kappa shape index (κ1) is 13.8. The number of halogens is 2. The van der Waals surface area contributed by atoms with E-state index in [1.54, 1.807) is 0 Å². The molecule has 3 heterocycles. The summed E-state index contributed by atoms with van der Waals surface area (Å²) in [5, 5.41) is 17.3. The summed E-state index contributed by atoms with van der Waals surface area (Å²) in [6.07, 6.45) is 2.33. The van der Waals surface area contributed by atoms with Gasteiger partial charge in [-0.15, -0.1) is 15.3 Å². The molecule has 6 nitrogen and oxygen atoms in total. The van der Waals surface area contributed by atoms with Crippen molar-refractivity contribution in [3.05, 3.63) is 39.9 Å². The smallest absolute Gasteiger partial charge is 0.178 e. The highest BCUT2D eigenvalue weighted by molar-refractivity contribution is 6.41. The monoisotopic (exact) mass is 336 g/mol. The Labute approximate surface area is 137 Å². The second-order valence-corrected chi connectivity index (χ2v) is 6.27. The van der Waals surface area contributed by atoms with Crippen LogP contribution < -0.4 is 5.32 Å². The van der Waals surface area contributed by atoms with Gasteiger partial charge in [-0.3, -0.25) is 0 Å². The summed E-state index contributed by atoms with van der Waals surface area (Å²) in [6.45, 7) is 0.586. The second-order valence-electron chi connectivity index (χ2n) is 5.51. The molecule has 1 fully saturated rings. The number of aromatic nitrogens is 5. The van der Waals surface area contributed by atoms with Crippen LogP contribution in [0.2, 0.25) is 10.2 Å². The molecule has 1 N–H and O–H groups in total. The Kier molecular flexibility index (Phi) is 3.23. The van der Waals surface area contributed by atoms with Gasteiger partial charge in [0.05, 0.1) is 11.6 Å². The highest BCUT2D eigenvalue weighted by atomic mass is 35.5. The summed E-state index contributed by atoms with van der Waals surface area (Å²) >= 11 is 12.1. The van der Waals surface area contributed by atoms with Gasteiger partial charge in [-0.25, -0.2) is 0 Å². The van der Waals surface area contributed by atoms with Gasteiger partial charge < -0.3 is 9.88 Å². The normalized spacial score (nSPS) is 14.7. The van der Waals surface area contributed by atoms with Gasteiger partial charge in [-0.05, 0) is 31.0 Å². The number of anilines is 1. The molecule has 3 aromatic rings. The van der Waals surface area contributed by atoms with E-state index in [1.165, 1.54) is 12.8 Å². The van der Waals surface area contributed by atoms with Crippen molar-refractivity contribution in [3.63, 3.8) is 0 Å². The van der Waals surface area contributed by atoms with Crippen molar-refractivity contribution in [2.24, 2.45) is 7.05 Å². The first-order chi connectivity index (χ1) is 10.6. The fourth-order valence-electron chi connectivity index (χ4n) is 2.44. The molecule has 0 saturated heterocycles. The SMILES string of the molecule is Cn1c(CNc2ccc3nnc(C4CC4)n3n2)cc(Cl)c1Cl. The van der Waals surface area contributed by atoms with Crippen LogP contribution in [-0.2, 0) is 13.6 Å². The molecule has 0 bridgehead atoms. The minimum absolute atomic E-state index is 0.503. The standard InChI is InChI=1S/C14H14Cl2N6/c1-21-9(6-10(15)13(21)16)7-17-11-4-5-12-18-19-14(8-2-3-8)22(12)20-11/h4-6,8H,2-3,7H2,1H3,(H,17,20). The highest BCUT2D eigenvalue weighted by Gasteiger charge is 2.29. The quantitative estimate of drug-likeness (QED) is 0.794. The fraction of sp³-hybridized carbons (Fsp3) is 0.357. The summed E-state index contributed by atoms with van der Waals surface area (Å²) in [7, 11) is 1.88. The summed E-state index contributed by atoms with van der Waals surface area (Å²) in [5.41, 5.74) is 1.76. The Bertz CT molecular complexity index is 849. The van der Waals surface area contributed by atoms with Gasteiger partial charge in [-0.1, -0.05) is 23.2 Å². The minimum atomic E-state index is 0.503. The van der Waals surface area contributed by atoms with Crippen molar-refractivity contribution in [1.29, 1.82) is 0 Å². The first-order valence-electron chi connectivity index (χ1n) is 7.09. The van der Waals surface area contributed by atoms with Gasteiger partial charge in [-0.2, -0.15) is 4.52 Å². The van der Waals surface area contributed by atoms with Crippen LogP contribution in [0.4, 0.5) is 5.82 Å². The van der Waals surface area contributed by atoms with Crippen LogP contribution >= 0.6 is 23.2 Å². The third-order valence-electron chi connectivity index (χ3n) is 3.90. The second kappa shape index (κ2) is 5.14. The maximum Gasteiger partial charge on any atom is 0.178 e. The molecule has 0 radical (unpaired) electrons. The van der Waals surface area contributed by atoms with E-state index in [4.69, 9.17) is 23.2 Å². The van der Waals surface area contributed by atoms with E-state index in [-0.39, 0.29) is 0 Å². The molecule has 0 aromatic carbocycles. The predicted molar refractivity (Wildman–Crippen MR) is 85.5 cm³/mol. The largest absolute Gasteiger partial charge is 0.363 e. The summed E-state index contributed by atoms with van der Waals surface area (Å²) in [5.74, 6) is 2.22. The summed E-state index contributed by atoms with van der Waals surface area (Å²) in [4.78, 5) is 0. The van der Waals surface area contributed by atoms with Crippen LogP contribution in [0, 0.1) is 0 Å². The lowest BCUT2D eigenvalue weighted by molar-refractivity contribution is 0.805. The molecule has 1 aliphatic carbocycles. The lowest BCUT2D eigenvalue weighted by Gasteiger charge is -2.07. The Balaban J connectivity index is 1.58. The highest BCUT2D eigenvalue weighted by Crippen LogP contribution is 2.38. The molecule has 1 aliphatic rings. The molecule has 114 valence electrons. The van der Waals surface area contributed by atoms with Gasteiger partial charge >= 0.3 is 0 Å². The Morgan fingerprint density at radius 2 is 2.09 bits per heavy atom. The molecule has 0 amide bonds. The molecule has 0 unspecified atom stereocenters. The maximum atomic E-state index is 6.07. The van der Waals surface area contributed by atoms with Gasteiger partial charge in [0.2, 0.25) is 0 Å². The average molecular weight is 337 g/mol. The molecule has 0 spiro atoms. The molecule has 4 rings (SSSR count). The number of fused-ring (bicyclic) bond motifs is 1. The van der Waals surface area contributed by atoms with Crippen molar-refractivity contribution in [1.82, 2.24) is 24.4 Å². The lowest BCUT2D eigenvalue weighted by Crippen LogP contribution is -2.08. The topological polar surface area (TPSA) is 60.0 Å². The Morgan fingerprint density at radius 1 is 1.27 bits per heavy atom. The van der Waals surface area contributed by atoms with Crippen LogP contribution in [0.1, 0.15) is 30.3 Å². The third-order valence-corrected chi connectivity index (χ3v) is 4.74. The fourth-order valence-corrected chi connectivity index (χ4v) is 2.85. The van der Waals surface area contributed by atoms with E-state index in [0.29, 0.717) is 22.6 Å². The molecule has 0 aliphatic heterocycles. The van der Waals surface area contributed by atoms with Crippen LogP contribution in [0.15, 0.2) is 18.2 Å². The van der Waals surface area contributed by atoms with Crippen molar-refractivity contribution >= 4 is 34.7 Å². The third kappa shape index (κ3) is 2.32. The molecule has 0 atom stereocenters. The number of nitrogens with zero attached hydrogens (tertiary/aromatic N) is 5. The van der Waals surface area contributed by atoms with E-state index in [0.717, 1.165) is 23.0 Å². The van der Waals surface area contributed by atoms with Crippen LogP contribution in [0.5, 0.6) is 0 Å². The number of rotatable bonds is 4. The maximum absolute atomic E-state index is 6.07. The van der Waals surface area contributed by atoms with Crippen molar-refractivity contribution < 1.29 is 0 Å². The predicted octanol–water partition coefficient (Wildman–Crippen LogP) is 3.26.